The number of likely N-dealkylation sites (tertiary alicyclic amines) is 1. The number of aliphatic hydroxyl groups excluding tert-OH is 1. The van der Waals surface area contributed by atoms with Gasteiger partial charge in [0.05, 0.1) is 6.10 Å². The van der Waals surface area contributed by atoms with Gasteiger partial charge in [-0.1, -0.05) is 19.8 Å². The van der Waals surface area contributed by atoms with Gasteiger partial charge >= 0.3 is 6.03 Å². The second-order valence-electron chi connectivity index (χ2n) is 6.17. The highest BCUT2D eigenvalue weighted by molar-refractivity contribution is 5.74. The number of carbonyl (C=O) groups is 1. The number of nitrogens with zero attached hydrogens (tertiary/aromatic N) is 1. The number of rotatable bonds is 6. The lowest BCUT2D eigenvalue weighted by Gasteiger charge is -2.23. The molecular formula is C15H29N3O2. The molecule has 0 spiro atoms. The molecule has 0 bridgehead atoms. The van der Waals surface area contributed by atoms with Crippen LogP contribution in [0, 0.1) is 0 Å². The zero-order valence-corrected chi connectivity index (χ0v) is 12.6. The van der Waals surface area contributed by atoms with Crippen LogP contribution >= 0.6 is 0 Å². The highest BCUT2D eigenvalue weighted by Gasteiger charge is 2.30. The standard InChI is InChI=1S/C15H29N3O2/c1-2-14(19)7-9-16-15(20)17-12-8-10-18(11-12)13-5-3-4-6-13/h12-14,19H,2-11H2,1H3,(H2,16,17,20). The first kappa shape index (κ1) is 15.6. The van der Waals surface area contributed by atoms with Crippen molar-refractivity contribution >= 4 is 6.03 Å². The van der Waals surface area contributed by atoms with Gasteiger partial charge in [-0.25, -0.2) is 4.79 Å². The minimum absolute atomic E-state index is 0.0911. The number of aliphatic hydroxyl groups is 1. The van der Waals surface area contributed by atoms with Gasteiger partial charge in [-0.05, 0) is 32.1 Å². The van der Waals surface area contributed by atoms with Crippen molar-refractivity contribution in [1.29, 1.82) is 0 Å². The Morgan fingerprint density at radius 3 is 2.80 bits per heavy atom. The Kier molecular flexibility index (Phi) is 6.10. The van der Waals surface area contributed by atoms with Gasteiger partial charge in [0, 0.05) is 31.7 Å². The zero-order valence-electron chi connectivity index (χ0n) is 12.6. The summed E-state index contributed by atoms with van der Waals surface area (Å²) in [7, 11) is 0. The summed E-state index contributed by atoms with van der Waals surface area (Å²) >= 11 is 0. The van der Waals surface area contributed by atoms with E-state index in [-0.39, 0.29) is 18.2 Å². The molecule has 5 nitrogen and oxygen atoms in total. The smallest absolute Gasteiger partial charge is 0.315 e. The van der Waals surface area contributed by atoms with Gasteiger partial charge in [0.15, 0.2) is 0 Å². The van der Waals surface area contributed by atoms with Gasteiger partial charge in [0.25, 0.3) is 0 Å². The van der Waals surface area contributed by atoms with Crippen LogP contribution in [0.5, 0.6) is 0 Å². The first-order valence-corrected chi connectivity index (χ1v) is 8.15. The molecule has 0 radical (unpaired) electrons. The molecule has 2 atom stereocenters. The van der Waals surface area contributed by atoms with Gasteiger partial charge in [0.2, 0.25) is 0 Å². The van der Waals surface area contributed by atoms with Crippen molar-refractivity contribution in [3.05, 3.63) is 0 Å². The topological polar surface area (TPSA) is 64.6 Å². The van der Waals surface area contributed by atoms with E-state index in [0.29, 0.717) is 13.0 Å². The summed E-state index contributed by atoms with van der Waals surface area (Å²) in [5.41, 5.74) is 0. The third kappa shape index (κ3) is 4.63. The maximum Gasteiger partial charge on any atom is 0.315 e. The Labute approximate surface area is 122 Å². The second-order valence-corrected chi connectivity index (χ2v) is 6.17. The van der Waals surface area contributed by atoms with E-state index in [1.54, 1.807) is 0 Å². The average molecular weight is 283 g/mol. The molecule has 3 N–H and O–H groups in total. The Hall–Kier alpha value is -0.810. The number of amides is 2. The van der Waals surface area contributed by atoms with Gasteiger partial charge in [-0.15, -0.1) is 0 Å². The van der Waals surface area contributed by atoms with Gasteiger partial charge in [0.1, 0.15) is 0 Å². The molecule has 1 saturated carbocycles. The molecule has 0 aromatic carbocycles. The zero-order chi connectivity index (χ0) is 14.4. The molecule has 116 valence electrons. The maximum absolute atomic E-state index is 11.8. The molecule has 1 heterocycles. The largest absolute Gasteiger partial charge is 0.393 e. The molecule has 2 fully saturated rings. The fourth-order valence-corrected chi connectivity index (χ4v) is 3.30. The number of hydrogen-bond donors (Lipinski definition) is 3. The minimum Gasteiger partial charge on any atom is -0.393 e. The molecule has 1 aliphatic carbocycles. The van der Waals surface area contributed by atoms with Crippen LogP contribution in [0.1, 0.15) is 51.9 Å². The molecule has 20 heavy (non-hydrogen) atoms. The summed E-state index contributed by atoms with van der Waals surface area (Å²) in [6, 6.07) is 0.947. The highest BCUT2D eigenvalue weighted by atomic mass is 16.3. The predicted molar refractivity (Wildman–Crippen MR) is 79.7 cm³/mol. The second kappa shape index (κ2) is 7.84. The molecular weight excluding hydrogens is 254 g/mol. The van der Waals surface area contributed by atoms with Crippen molar-refractivity contribution in [2.75, 3.05) is 19.6 Å². The van der Waals surface area contributed by atoms with Crippen LogP contribution in [0.4, 0.5) is 4.79 Å². The van der Waals surface area contributed by atoms with Gasteiger partial charge in [-0.3, -0.25) is 4.90 Å². The summed E-state index contributed by atoms with van der Waals surface area (Å²) in [4.78, 5) is 14.3. The van der Waals surface area contributed by atoms with Crippen molar-refractivity contribution < 1.29 is 9.90 Å². The Balaban J connectivity index is 1.60. The molecule has 2 amide bonds. The number of hydrogen-bond acceptors (Lipinski definition) is 3. The van der Waals surface area contributed by atoms with E-state index >= 15 is 0 Å². The molecule has 2 unspecified atom stereocenters. The van der Waals surface area contributed by atoms with Crippen LogP contribution < -0.4 is 10.6 Å². The molecule has 2 rings (SSSR count). The Bertz CT molecular complexity index is 305. The monoisotopic (exact) mass is 283 g/mol. The maximum atomic E-state index is 11.8. The summed E-state index contributed by atoms with van der Waals surface area (Å²) in [6.45, 7) is 4.60. The van der Waals surface area contributed by atoms with Gasteiger partial charge in [-0.2, -0.15) is 0 Å². The third-order valence-electron chi connectivity index (χ3n) is 4.63. The lowest BCUT2D eigenvalue weighted by Crippen LogP contribution is -2.44. The van der Waals surface area contributed by atoms with Crippen LogP contribution in [0.25, 0.3) is 0 Å². The van der Waals surface area contributed by atoms with E-state index in [2.05, 4.69) is 15.5 Å². The summed E-state index contributed by atoms with van der Waals surface area (Å²) < 4.78 is 0. The molecule has 0 aromatic heterocycles. The fourth-order valence-electron chi connectivity index (χ4n) is 3.30. The van der Waals surface area contributed by atoms with E-state index < -0.39 is 0 Å². The van der Waals surface area contributed by atoms with Crippen molar-refractivity contribution in [2.24, 2.45) is 0 Å². The first-order valence-electron chi connectivity index (χ1n) is 8.15. The van der Waals surface area contributed by atoms with E-state index in [9.17, 15) is 9.90 Å². The SMILES string of the molecule is CCC(O)CCNC(=O)NC1CCN(C2CCCC2)C1. The van der Waals surface area contributed by atoms with E-state index in [1.165, 1.54) is 25.7 Å². The summed E-state index contributed by atoms with van der Waals surface area (Å²) in [6.07, 6.45) is 7.49. The quantitative estimate of drug-likeness (QED) is 0.691. The lowest BCUT2D eigenvalue weighted by molar-refractivity contribution is 0.160. The van der Waals surface area contributed by atoms with E-state index in [0.717, 1.165) is 32.0 Å². The highest BCUT2D eigenvalue weighted by Crippen LogP contribution is 2.26. The molecule has 1 aliphatic heterocycles. The van der Waals surface area contributed by atoms with Crippen molar-refractivity contribution in [3.63, 3.8) is 0 Å². The van der Waals surface area contributed by atoms with Crippen molar-refractivity contribution in [3.8, 4) is 0 Å². The molecule has 2 aliphatic rings. The predicted octanol–water partition coefficient (Wildman–Crippen LogP) is 1.46. The Morgan fingerprint density at radius 1 is 1.35 bits per heavy atom. The van der Waals surface area contributed by atoms with Crippen LogP contribution in [0.2, 0.25) is 0 Å². The van der Waals surface area contributed by atoms with Crippen LogP contribution in [0.3, 0.4) is 0 Å². The van der Waals surface area contributed by atoms with E-state index in [4.69, 9.17) is 0 Å². The van der Waals surface area contributed by atoms with Crippen LogP contribution in [-0.4, -0.2) is 53.9 Å². The first-order chi connectivity index (χ1) is 9.69. The third-order valence-corrected chi connectivity index (χ3v) is 4.63. The normalized spacial score (nSPS) is 25.8. The molecule has 5 heteroatoms. The van der Waals surface area contributed by atoms with Crippen molar-refractivity contribution in [2.45, 2.75) is 70.1 Å². The fraction of sp³-hybridized carbons (Fsp3) is 0.933. The van der Waals surface area contributed by atoms with Crippen molar-refractivity contribution in [1.82, 2.24) is 15.5 Å². The van der Waals surface area contributed by atoms with Crippen LogP contribution in [-0.2, 0) is 0 Å². The summed E-state index contributed by atoms with van der Waals surface area (Å²) in [5, 5.41) is 15.3. The number of urea groups is 1. The number of nitrogens with one attached hydrogen (secondary N) is 2. The molecule has 1 saturated heterocycles. The number of carbonyl (C=O) groups excluding carboxylic acids is 1. The summed E-state index contributed by atoms with van der Waals surface area (Å²) in [5.74, 6) is 0. The van der Waals surface area contributed by atoms with E-state index in [1.807, 2.05) is 6.92 Å². The average Bonchev–Trinajstić information content (AvgIpc) is 3.08. The minimum atomic E-state index is -0.306. The lowest BCUT2D eigenvalue weighted by atomic mass is 10.2. The van der Waals surface area contributed by atoms with Gasteiger partial charge < -0.3 is 15.7 Å². The molecule has 0 aromatic rings. The van der Waals surface area contributed by atoms with Crippen LogP contribution in [0.15, 0.2) is 0 Å². The Morgan fingerprint density at radius 2 is 2.10 bits per heavy atom.